The Morgan fingerprint density at radius 1 is 1.37 bits per heavy atom. The summed E-state index contributed by atoms with van der Waals surface area (Å²) < 4.78 is 0. The molecule has 0 amide bonds. The largest absolute Gasteiger partial charge is 0.383 e. The van der Waals surface area contributed by atoms with Gasteiger partial charge in [-0.15, -0.1) is 0 Å². The highest BCUT2D eigenvalue weighted by atomic mass is 14.8. The van der Waals surface area contributed by atoms with Crippen molar-refractivity contribution < 1.29 is 0 Å². The van der Waals surface area contributed by atoms with Crippen LogP contribution in [0.2, 0.25) is 0 Å². The zero-order chi connectivity index (χ0) is 20.0. The molecule has 0 fully saturated rings. The van der Waals surface area contributed by atoms with Gasteiger partial charge in [-0.05, 0) is 58.1 Å². The molecule has 0 aromatic carbocycles. The van der Waals surface area contributed by atoms with Gasteiger partial charge in [0.2, 0.25) is 0 Å². The second kappa shape index (κ2) is 9.55. The Morgan fingerprint density at radius 2 is 2.11 bits per heavy atom. The van der Waals surface area contributed by atoms with Crippen molar-refractivity contribution in [1.82, 2.24) is 0 Å². The van der Waals surface area contributed by atoms with Crippen LogP contribution in [0.15, 0.2) is 87.7 Å². The molecule has 0 aromatic rings. The van der Waals surface area contributed by atoms with Crippen LogP contribution in [-0.2, 0) is 0 Å². The SMILES string of the molecule is C=C/N=C(/N)C(=C(C)C)/C(=C\C)C1CC=C(C(C)C2=CC=CCC2)C=C1C. The number of aliphatic imine (C=N–C) groups is 1. The highest BCUT2D eigenvalue weighted by Gasteiger charge is 2.25. The monoisotopic (exact) mass is 362 g/mol. The molecule has 0 heterocycles. The van der Waals surface area contributed by atoms with Crippen LogP contribution < -0.4 is 5.73 Å². The van der Waals surface area contributed by atoms with Crippen molar-refractivity contribution in [3.8, 4) is 0 Å². The maximum atomic E-state index is 6.26. The minimum Gasteiger partial charge on any atom is -0.383 e. The van der Waals surface area contributed by atoms with E-state index in [2.05, 4.69) is 82.6 Å². The average Bonchev–Trinajstić information content (AvgIpc) is 2.66. The van der Waals surface area contributed by atoms with E-state index in [1.165, 1.54) is 40.5 Å². The quantitative estimate of drug-likeness (QED) is 0.324. The van der Waals surface area contributed by atoms with E-state index in [1.54, 1.807) is 0 Å². The molecule has 0 radical (unpaired) electrons. The van der Waals surface area contributed by atoms with Crippen LogP contribution in [-0.4, -0.2) is 5.84 Å². The summed E-state index contributed by atoms with van der Waals surface area (Å²) in [6, 6.07) is 0. The molecule has 2 unspecified atom stereocenters. The number of allylic oxidation sites excluding steroid dienone is 10. The predicted molar refractivity (Wildman–Crippen MR) is 120 cm³/mol. The lowest BCUT2D eigenvalue weighted by Crippen LogP contribution is -2.22. The Balaban J connectivity index is 2.30. The summed E-state index contributed by atoms with van der Waals surface area (Å²) in [6.07, 6.45) is 18.5. The molecule has 2 heteroatoms. The van der Waals surface area contributed by atoms with Crippen LogP contribution in [0.25, 0.3) is 0 Å². The van der Waals surface area contributed by atoms with Crippen LogP contribution in [0.1, 0.15) is 53.9 Å². The van der Waals surface area contributed by atoms with Crippen LogP contribution in [0.5, 0.6) is 0 Å². The zero-order valence-corrected chi connectivity index (χ0v) is 17.5. The third kappa shape index (κ3) is 4.88. The Hall–Kier alpha value is -2.35. The molecular weight excluding hydrogens is 328 g/mol. The average molecular weight is 363 g/mol. The second-order valence-electron chi connectivity index (χ2n) is 7.63. The molecule has 144 valence electrons. The first-order valence-electron chi connectivity index (χ1n) is 9.93. The van der Waals surface area contributed by atoms with E-state index in [0.29, 0.717) is 17.7 Å². The minimum absolute atomic E-state index is 0.342. The van der Waals surface area contributed by atoms with Crippen molar-refractivity contribution >= 4 is 5.84 Å². The van der Waals surface area contributed by atoms with Crippen molar-refractivity contribution in [3.05, 3.63) is 82.7 Å². The summed E-state index contributed by atoms with van der Waals surface area (Å²) in [6.45, 7) is 14.5. The van der Waals surface area contributed by atoms with Gasteiger partial charge in [-0.3, -0.25) is 0 Å². The summed E-state index contributed by atoms with van der Waals surface area (Å²) in [5.41, 5.74) is 14.1. The van der Waals surface area contributed by atoms with Crippen molar-refractivity contribution in [2.24, 2.45) is 22.6 Å². The fourth-order valence-electron chi connectivity index (χ4n) is 4.11. The number of hydrogen-bond acceptors (Lipinski definition) is 1. The van der Waals surface area contributed by atoms with Gasteiger partial charge in [-0.1, -0.05) is 66.7 Å². The lowest BCUT2D eigenvalue weighted by atomic mass is 9.76. The third-order valence-corrected chi connectivity index (χ3v) is 5.60. The van der Waals surface area contributed by atoms with Crippen molar-refractivity contribution in [2.45, 2.75) is 53.9 Å². The van der Waals surface area contributed by atoms with E-state index in [9.17, 15) is 0 Å². The summed E-state index contributed by atoms with van der Waals surface area (Å²) >= 11 is 0. The molecule has 0 aliphatic heterocycles. The first kappa shape index (κ1) is 21.0. The van der Waals surface area contributed by atoms with Gasteiger partial charge in [0.05, 0.1) is 0 Å². The molecule has 2 N–H and O–H groups in total. The molecule has 2 aliphatic carbocycles. The maximum absolute atomic E-state index is 6.26. The molecule has 2 atom stereocenters. The number of hydrogen-bond donors (Lipinski definition) is 1. The molecule has 0 spiro atoms. The maximum Gasteiger partial charge on any atom is 0.130 e. The number of nitrogens with two attached hydrogens (primary N) is 1. The van der Waals surface area contributed by atoms with Gasteiger partial charge in [0, 0.05) is 23.6 Å². The fourth-order valence-corrected chi connectivity index (χ4v) is 4.11. The summed E-state index contributed by atoms with van der Waals surface area (Å²) in [5, 5.41) is 0. The van der Waals surface area contributed by atoms with Gasteiger partial charge in [0.25, 0.3) is 0 Å². The lowest BCUT2D eigenvalue weighted by molar-refractivity contribution is 0.682. The lowest BCUT2D eigenvalue weighted by Gasteiger charge is -2.29. The zero-order valence-electron chi connectivity index (χ0n) is 17.5. The standard InChI is InChI=1S/C25H34N2/c1-7-22(24(17(3)4)25(26)27-8-2)23-15-14-21(16-18(23)5)19(6)20-12-10-9-11-13-20/h7-10,12,14,16,19,23H,2,11,13,15H2,1,3-6H3,(H2,26,27)/b22-7-. The normalized spacial score (nSPS) is 21.8. The van der Waals surface area contributed by atoms with E-state index < -0.39 is 0 Å². The fraction of sp³-hybridized carbons (Fsp3) is 0.400. The highest BCUT2D eigenvalue weighted by molar-refractivity contribution is 6.02. The van der Waals surface area contributed by atoms with Gasteiger partial charge < -0.3 is 5.73 Å². The Bertz CT molecular complexity index is 790. The first-order chi connectivity index (χ1) is 12.9. The Kier molecular flexibility index (Phi) is 7.41. The van der Waals surface area contributed by atoms with Crippen LogP contribution in [0.3, 0.4) is 0 Å². The molecule has 2 nitrogen and oxygen atoms in total. The number of amidine groups is 1. The van der Waals surface area contributed by atoms with E-state index in [4.69, 9.17) is 5.73 Å². The topological polar surface area (TPSA) is 38.4 Å². The van der Waals surface area contributed by atoms with E-state index in [-0.39, 0.29) is 0 Å². The molecule has 0 saturated heterocycles. The number of rotatable bonds is 6. The van der Waals surface area contributed by atoms with E-state index >= 15 is 0 Å². The van der Waals surface area contributed by atoms with Gasteiger partial charge in [-0.2, -0.15) is 0 Å². The first-order valence-corrected chi connectivity index (χ1v) is 9.93. The van der Waals surface area contributed by atoms with Crippen LogP contribution in [0, 0.1) is 11.8 Å². The second-order valence-corrected chi connectivity index (χ2v) is 7.63. The third-order valence-electron chi connectivity index (χ3n) is 5.60. The molecular formula is C25H34N2. The molecule has 0 saturated carbocycles. The highest BCUT2D eigenvalue weighted by Crippen LogP contribution is 2.38. The molecule has 27 heavy (non-hydrogen) atoms. The predicted octanol–water partition coefficient (Wildman–Crippen LogP) is 6.57. The molecule has 2 aliphatic rings. The van der Waals surface area contributed by atoms with Gasteiger partial charge in [0.15, 0.2) is 0 Å². The molecule has 2 rings (SSSR count). The van der Waals surface area contributed by atoms with Gasteiger partial charge in [0.1, 0.15) is 5.84 Å². The minimum atomic E-state index is 0.342. The summed E-state index contributed by atoms with van der Waals surface area (Å²) in [4.78, 5) is 4.25. The van der Waals surface area contributed by atoms with Gasteiger partial charge in [-0.25, -0.2) is 4.99 Å². The van der Waals surface area contributed by atoms with Crippen molar-refractivity contribution in [1.29, 1.82) is 0 Å². The van der Waals surface area contributed by atoms with Crippen LogP contribution in [0.4, 0.5) is 0 Å². The van der Waals surface area contributed by atoms with Crippen LogP contribution >= 0.6 is 0 Å². The van der Waals surface area contributed by atoms with Crippen molar-refractivity contribution in [2.75, 3.05) is 0 Å². The Morgan fingerprint density at radius 3 is 2.63 bits per heavy atom. The Labute approximate surface area is 165 Å². The molecule has 0 aromatic heterocycles. The summed E-state index contributed by atoms with van der Waals surface area (Å²) in [5.74, 6) is 1.37. The molecule has 0 bridgehead atoms. The van der Waals surface area contributed by atoms with E-state index in [0.717, 1.165) is 18.4 Å². The van der Waals surface area contributed by atoms with E-state index in [1.807, 2.05) is 0 Å². The smallest absolute Gasteiger partial charge is 0.130 e. The summed E-state index contributed by atoms with van der Waals surface area (Å²) in [7, 11) is 0. The number of nitrogens with zero attached hydrogens (tertiary/aromatic N) is 1. The van der Waals surface area contributed by atoms with Crippen molar-refractivity contribution in [3.63, 3.8) is 0 Å². The van der Waals surface area contributed by atoms with Gasteiger partial charge >= 0.3 is 0 Å².